The molecular weight excluding hydrogens is 256 g/mol. The largest absolute Gasteiger partial charge is 0.396 e. The molecule has 0 aliphatic heterocycles. The average Bonchev–Trinajstić information content (AvgIpc) is 2.49. The smallest absolute Gasteiger partial charge is 0.0431 e. The topological polar surface area (TPSA) is 20.2 Å². The summed E-state index contributed by atoms with van der Waals surface area (Å²) in [6.45, 7) is 4.98. The van der Waals surface area contributed by atoms with Crippen molar-refractivity contribution >= 4 is 0 Å². The van der Waals surface area contributed by atoms with Crippen molar-refractivity contribution in [2.45, 2.75) is 117 Å². The summed E-state index contributed by atoms with van der Waals surface area (Å²) in [5, 5.41) is 8.80. The Bertz CT molecular complexity index is 179. The SMILES string of the molecule is CCCCCCCCCCCCCCCC(C)CCCO. The molecule has 1 unspecified atom stereocenters. The highest BCUT2D eigenvalue weighted by atomic mass is 16.2. The molecule has 0 spiro atoms. The van der Waals surface area contributed by atoms with E-state index < -0.39 is 0 Å². The predicted octanol–water partition coefficient (Wildman–Crippen LogP) is 6.88. The van der Waals surface area contributed by atoms with Crippen LogP contribution >= 0.6 is 0 Å². The first-order valence-corrected chi connectivity index (χ1v) is 9.92. The van der Waals surface area contributed by atoms with Crippen LogP contribution in [0.25, 0.3) is 0 Å². The van der Waals surface area contributed by atoms with E-state index >= 15 is 0 Å². The van der Waals surface area contributed by atoms with Crippen LogP contribution in [0, 0.1) is 5.92 Å². The molecule has 0 fully saturated rings. The molecule has 0 bridgehead atoms. The van der Waals surface area contributed by atoms with Crippen molar-refractivity contribution in [3.05, 3.63) is 0 Å². The second-order valence-corrected chi connectivity index (χ2v) is 7.00. The summed E-state index contributed by atoms with van der Waals surface area (Å²) in [7, 11) is 0. The third-order valence-electron chi connectivity index (χ3n) is 4.66. The van der Waals surface area contributed by atoms with Gasteiger partial charge in [0, 0.05) is 6.61 Å². The average molecular weight is 299 g/mol. The van der Waals surface area contributed by atoms with Crippen LogP contribution in [-0.2, 0) is 0 Å². The van der Waals surface area contributed by atoms with E-state index in [0.29, 0.717) is 6.61 Å². The zero-order valence-electron chi connectivity index (χ0n) is 15.0. The zero-order valence-corrected chi connectivity index (χ0v) is 15.0. The van der Waals surface area contributed by atoms with Gasteiger partial charge < -0.3 is 5.11 Å². The van der Waals surface area contributed by atoms with E-state index in [1.807, 2.05) is 0 Å². The quantitative estimate of drug-likeness (QED) is 0.290. The van der Waals surface area contributed by atoms with Gasteiger partial charge in [-0.15, -0.1) is 0 Å². The Kier molecular flexibility index (Phi) is 18.0. The van der Waals surface area contributed by atoms with Crippen molar-refractivity contribution in [1.82, 2.24) is 0 Å². The molecule has 0 amide bonds. The van der Waals surface area contributed by atoms with Crippen LogP contribution in [0.4, 0.5) is 0 Å². The van der Waals surface area contributed by atoms with Gasteiger partial charge in [-0.05, 0) is 18.8 Å². The first-order chi connectivity index (χ1) is 10.3. The molecule has 0 heterocycles. The Morgan fingerprint density at radius 1 is 0.571 bits per heavy atom. The molecule has 0 saturated heterocycles. The van der Waals surface area contributed by atoms with Crippen molar-refractivity contribution in [1.29, 1.82) is 0 Å². The summed E-state index contributed by atoms with van der Waals surface area (Å²) >= 11 is 0. The first kappa shape index (κ1) is 21.0. The number of aliphatic hydroxyl groups excluding tert-OH is 1. The molecule has 0 aliphatic carbocycles. The summed E-state index contributed by atoms with van der Waals surface area (Å²) in [4.78, 5) is 0. The van der Waals surface area contributed by atoms with Gasteiger partial charge in [-0.2, -0.15) is 0 Å². The van der Waals surface area contributed by atoms with Crippen LogP contribution in [0.1, 0.15) is 117 Å². The van der Waals surface area contributed by atoms with Crippen molar-refractivity contribution in [3.8, 4) is 0 Å². The van der Waals surface area contributed by atoms with E-state index in [1.165, 1.54) is 96.3 Å². The van der Waals surface area contributed by atoms with Crippen LogP contribution in [-0.4, -0.2) is 11.7 Å². The lowest BCUT2D eigenvalue weighted by molar-refractivity contribution is 0.270. The van der Waals surface area contributed by atoms with Gasteiger partial charge in [-0.3, -0.25) is 0 Å². The molecule has 128 valence electrons. The van der Waals surface area contributed by atoms with Crippen LogP contribution in [0.15, 0.2) is 0 Å². The molecule has 0 aromatic heterocycles. The highest BCUT2D eigenvalue weighted by Crippen LogP contribution is 2.16. The van der Waals surface area contributed by atoms with Crippen LogP contribution in [0.2, 0.25) is 0 Å². The van der Waals surface area contributed by atoms with Crippen molar-refractivity contribution in [3.63, 3.8) is 0 Å². The minimum absolute atomic E-state index is 0.364. The minimum Gasteiger partial charge on any atom is -0.396 e. The van der Waals surface area contributed by atoms with E-state index in [0.717, 1.165) is 12.3 Å². The van der Waals surface area contributed by atoms with E-state index in [2.05, 4.69) is 13.8 Å². The van der Waals surface area contributed by atoms with E-state index in [1.54, 1.807) is 0 Å². The summed E-state index contributed by atoms with van der Waals surface area (Å²) in [5.74, 6) is 0.810. The van der Waals surface area contributed by atoms with Gasteiger partial charge in [0.15, 0.2) is 0 Å². The Morgan fingerprint density at radius 2 is 0.952 bits per heavy atom. The molecule has 1 heteroatoms. The Labute approximate surface area is 134 Å². The molecule has 0 aromatic carbocycles. The van der Waals surface area contributed by atoms with E-state index in [4.69, 9.17) is 5.11 Å². The summed E-state index contributed by atoms with van der Waals surface area (Å²) in [6, 6.07) is 0. The molecule has 1 atom stereocenters. The van der Waals surface area contributed by atoms with Gasteiger partial charge in [-0.1, -0.05) is 104 Å². The van der Waals surface area contributed by atoms with Crippen LogP contribution in [0.5, 0.6) is 0 Å². The van der Waals surface area contributed by atoms with Crippen LogP contribution < -0.4 is 0 Å². The zero-order chi connectivity index (χ0) is 15.6. The van der Waals surface area contributed by atoms with Crippen molar-refractivity contribution < 1.29 is 5.11 Å². The Hall–Kier alpha value is -0.0400. The Balaban J connectivity index is 3.02. The lowest BCUT2D eigenvalue weighted by atomic mass is 9.97. The highest BCUT2D eigenvalue weighted by Gasteiger charge is 2.01. The maximum Gasteiger partial charge on any atom is 0.0431 e. The lowest BCUT2D eigenvalue weighted by Crippen LogP contribution is -1.96. The molecule has 0 saturated carbocycles. The van der Waals surface area contributed by atoms with Crippen molar-refractivity contribution in [2.24, 2.45) is 5.92 Å². The monoisotopic (exact) mass is 298 g/mol. The highest BCUT2D eigenvalue weighted by molar-refractivity contribution is 4.54. The molecule has 0 rings (SSSR count). The molecule has 0 aliphatic rings. The molecule has 0 radical (unpaired) electrons. The molecule has 21 heavy (non-hydrogen) atoms. The third-order valence-corrected chi connectivity index (χ3v) is 4.66. The number of hydrogen-bond donors (Lipinski definition) is 1. The molecular formula is C20H42O. The maximum atomic E-state index is 8.80. The second-order valence-electron chi connectivity index (χ2n) is 7.00. The third kappa shape index (κ3) is 17.9. The number of aliphatic hydroxyl groups is 1. The Morgan fingerprint density at radius 3 is 1.38 bits per heavy atom. The van der Waals surface area contributed by atoms with Gasteiger partial charge in [0.2, 0.25) is 0 Å². The van der Waals surface area contributed by atoms with E-state index in [-0.39, 0.29) is 0 Å². The summed E-state index contributed by atoms with van der Waals surface area (Å²) < 4.78 is 0. The fourth-order valence-electron chi connectivity index (χ4n) is 3.09. The van der Waals surface area contributed by atoms with Gasteiger partial charge in [0.25, 0.3) is 0 Å². The van der Waals surface area contributed by atoms with Gasteiger partial charge in [0.1, 0.15) is 0 Å². The van der Waals surface area contributed by atoms with Gasteiger partial charge in [0.05, 0.1) is 0 Å². The number of rotatable bonds is 17. The number of hydrogen-bond acceptors (Lipinski definition) is 1. The standard InChI is InChI=1S/C20H42O/c1-3-4-5-6-7-8-9-10-11-12-13-14-15-17-20(2)18-16-19-21/h20-21H,3-19H2,1-2H3. The fourth-order valence-corrected chi connectivity index (χ4v) is 3.09. The maximum absolute atomic E-state index is 8.80. The summed E-state index contributed by atoms with van der Waals surface area (Å²) in [5.41, 5.74) is 0. The first-order valence-electron chi connectivity index (χ1n) is 9.92. The lowest BCUT2D eigenvalue weighted by Gasteiger charge is -2.09. The predicted molar refractivity (Wildman–Crippen MR) is 95.8 cm³/mol. The molecule has 1 N–H and O–H groups in total. The fraction of sp³-hybridized carbons (Fsp3) is 1.00. The summed E-state index contributed by atoms with van der Waals surface area (Å²) in [6.07, 6.45) is 22.2. The molecule has 0 aromatic rings. The van der Waals surface area contributed by atoms with Gasteiger partial charge >= 0.3 is 0 Å². The second kappa shape index (κ2) is 18.0. The number of unbranched alkanes of at least 4 members (excludes halogenated alkanes) is 12. The van der Waals surface area contributed by atoms with Crippen LogP contribution in [0.3, 0.4) is 0 Å². The normalized spacial score (nSPS) is 12.7. The van der Waals surface area contributed by atoms with Gasteiger partial charge in [-0.25, -0.2) is 0 Å². The van der Waals surface area contributed by atoms with E-state index in [9.17, 15) is 0 Å². The minimum atomic E-state index is 0.364. The van der Waals surface area contributed by atoms with Crippen molar-refractivity contribution in [2.75, 3.05) is 6.61 Å². The molecule has 1 nitrogen and oxygen atoms in total.